The molecule has 0 radical (unpaired) electrons. The number of hydrogen-bond acceptors (Lipinski definition) is 2. The Kier molecular flexibility index (Phi) is 4.76. The fourth-order valence-corrected chi connectivity index (χ4v) is 2.98. The summed E-state index contributed by atoms with van der Waals surface area (Å²) in [5, 5.41) is 10.0. The van der Waals surface area contributed by atoms with Crippen molar-refractivity contribution in [2.24, 2.45) is 0 Å². The van der Waals surface area contributed by atoms with E-state index in [9.17, 15) is 4.79 Å². The van der Waals surface area contributed by atoms with Gasteiger partial charge in [-0.15, -0.1) is 0 Å². The van der Waals surface area contributed by atoms with Gasteiger partial charge in [-0.25, -0.2) is 4.98 Å². The number of benzene rings is 1. The molecule has 0 fully saturated rings. The number of halogens is 4. The summed E-state index contributed by atoms with van der Waals surface area (Å²) >= 11 is 24.0. The lowest BCUT2D eigenvalue weighted by molar-refractivity contribution is -0.136. The highest BCUT2D eigenvalue weighted by molar-refractivity contribution is 6.41. The van der Waals surface area contributed by atoms with Crippen molar-refractivity contribution < 1.29 is 9.90 Å². The molecule has 1 aromatic carbocycles. The van der Waals surface area contributed by atoms with Crippen molar-refractivity contribution in [3.05, 3.63) is 50.0 Å². The Morgan fingerprint density at radius 2 is 1.65 bits per heavy atom. The molecule has 0 atom stereocenters. The van der Waals surface area contributed by atoms with Crippen molar-refractivity contribution in [2.75, 3.05) is 0 Å². The molecular formula is C13H7Cl4NO2. The summed E-state index contributed by atoms with van der Waals surface area (Å²) in [7, 11) is 0. The van der Waals surface area contributed by atoms with Gasteiger partial charge in [0, 0.05) is 10.6 Å². The van der Waals surface area contributed by atoms with Crippen LogP contribution in [0.15, 0.2) is 24.3 Å². The zero-order valence-corrected chi connectivity index (χ0v) is 12.9. The van der Waals surface area contributed by atoms with Gasteiger partial charge in [-0.05, 0) is 29.8 Å². The van der Waals surface area contributed by atoms with Gasteiger partial charge in [-0.1, -0.05) is 46.4 Å². The first kappa shape index (κ1) is 15.4. The topological polar surface area (TPSA) is 50.2 Å². The van der Waals surface area contributed by atoms with Gasteiger partial charge in [-0.3, -0.25) is 4.79 Å². The molecule has 0 aliphatic heterocycles. The summed E-state index contributed by atoms with van der Waals surface area (Å²) in [4.78, 5) is 14.9. The predicted octanol–water partition coefficient (Wildman–Crippen LogP) is 4.99. The summed E-state index contributed by atoms with van der Waals surface area (Å²) < 4.78 is 0. The molecule has 2 rings (SSSR count). The highest BCUT2D eigenvalue weighted by Crippen LogP contribution is 2.37. The monoisotopic (exact) mass is 349 g/mol. The van der Waals surface area contributed by atoms with E-state index in [4.69, 9.17) is 51.5 Å². The van der Waals surface area contributed by atoms with E-state index >= 15 is 0 Å². The molecule has 1 aromatic heterocycles. The number of aromatic nitrogens is 1. The highest BCUT2D eigenvalue weighted by atomic mass is 35.5. The van der Waals surface area contributed by atoms with E-state index in [1.807, 2.05) is 0 Å². The number of nitrogens with zero attached hydrogens (tertiary/aromatic N) is 1. The number of carbonyl (C=O) groups is 1. The maximum atomic E-state index is 10.8. The molecule has 1 heterocycles. The molecule has 0 aliphatic carbocycles. The molecule has 0 unspecified atom stereocenters. The number of pyridine rings is 1. The smallest absolute Gasteiger partial charge is 0.307 e. The summed E-state index contributed by atoms with van der Waals surface area (Å²) in [5.74, 6) is -0.966. The van der Waals surface area contributed by atoms with Gasteiger partial charge < -0.3 is 5.11 Å². The zero-order chi connectivity index (χ0) is 14.9. The molecule has 3 nitrogen and oxygen atoms in total. The van der Waals surface area contributed by atoms with E-state index in [0.717, 1.165) is 0 Å². The Bertz CT molecular complexity index is 665. The van der Waals surface area contributed by atoms with Crippen LogP contribution in [-0.2, 0) is 11.2 Å². The SMILES string of the molecule is O=C(O)Cc1cc(Cl)nc(-c2c(Cl)cc(Cl)cc2Cl)c1. The molecule has 1 N–H and O–H groups in total. The first-order valence-corrected chi connectivity index (χ1v) is 6.91. The average molecular weight is 351 g/mol. The summed E-state index contributed by atoms with van der Waals surface area (Å²) in [6.45, 7) is 0. The largest absolute Gasteiger partial charge is 0.481 e. The van der Waals surface area contributed by atoms with Crippen LogP contribution in [-0.4, -0.2) is 16.1 Å². The van der Waals surface area contributed by atoms with E-state index in [1.165, 1.54) is 18.2 Å². The van der Waals surface area contributed by atoms with Gasteiger partial charge in [-0.2, -0.15) is 0 Å². The Morgan fingerprint density at radius 1 is 1.05 bits per heavy atom. The Labute approximate surface area is 135 Å². The third-order valence-corrected chi connectivity index (χ3v) is 3.48. The normalized spacial score (nSPS) is 10.6. The maximum Gasteiger partial charge on any atom is 0.307 e. The van der Waals surface area contributed by atoms with Crippen molar-refractivity contribution in [3.8, 4) is 11.3 Å². The summed E-state index contributed by atoms with van der Waals surface area (Å²) in [6.07, 6.45) is -0.169. The molecule has 0 amide bonds. The summed E-state index contributed by atoms with van der Waals surface area (Å²) in [5.41, 5.74) is 1.38. The number of carboxylic acids is 1. The molecule has 0 bridgehead atoms. The Morgan fingerprint density at radius 3 is 2.20 bits per heavy atom. The minimum absolute atomic E-state index is 0.167. The van der Waals surface area contributed by atoms with Gasteiger partial charge in [0.1, 0.15) is 5.15 Å². The van der Waals surface area contributed by atoms with Crippen molar-refractivity contribution in [1.82, 2.24) is 4.98 Å². The van der Waals surface area contributed by atoms with Crippen molar-refractivity contribution in [1.29, 1.82) is 0 Å². The van der Waals surface area contributed by atoms with Crippen LogP contribution in [0.2, 0.25) is 20.2 Å². The van der Waals surface area contributed by atoms with Crippen LogP contribution in [0.4, 0.5) is 0 Å². The third kappa shape index (κ3) is 3.55. The molecule has 0 spiro atoms. The number of hydrogen-bond donors (Lipinski definition) is 1. The standard InChI is InChI=1S/C13H7Cl4NO2/c14-7-4-8(15)13(9(16)5-7)10-1-6(3-12(19)20)2-11(17)18-10/h1-2,4-5H,3H2,(H,19,20). The number of aliphatic carboxylic acids is 1. The number of carboxylic acid groups (broad SMARTS) is 1. The van der Waals surface area contributed by atoms with Gasteiger partial charge in [0.2, 0.25) is 0 Å². The molecule has 104 valence electrons. The highest BCUT2D eigenvalue weighted by Gasteiger charge is 2.14. The average Bonchev–Trinajstić information content (AvgIpc) is 2.25. The quantitative estimate of drug-likeness (QED) is 0.793. The number of rotatable bonds is 3. The lowest BCUT2D eigenvalue weighted by Gasteiger charge is -2.09. The third-order valence-electron chi connectivity index (χ3n) is 2.47. The van der Waals surface area contributed by atoms with Gasteiger partial charge in [0.15, 0.2) is 0 Å². The van der Waals surface area contributed by atoms with Crippen molar-refractivity contribution >= 4 is 52.4 Å². The predicted molar refractivity (Wildman–Crippen MR) is 81.1 cm³/mol. The van der Waals surface area contributed by atoms with Crippen LogP contribution in [0, 0.1) is 0 Å². The molecule has 0 aliphatic rings. The maximum absolute atomic E-state index is 10.8. The fourth-order valence-electron chi connectivity index (χ4n) is 1.74. The minimum Gasteiger partial charge on any atom is -0.481 e. The van der Waals surface area contributed by atoms with Crippen molar-refractivity contribution in [2.45, 2.75) is 6.42 Å². The Balaban J connectivity index is 2.58. The second kappa shape index (κ2) is 6.19. The molecule has 2 aromatic rings. The van der Waals surface area contributed by atoms with Gasteiger partial charge >= 0.3 is 5.97 Å². The second-order valence-corrected chi connectivity index (χ2v) is 5.64. The molecule has 0 saturated carbocycles. The molecule has 0 saturated heterocycles. The fraction of sp³-hybridized carbons (Fsp3) is 0.0769. The zero-order valence-electron chi connectivity index (χ0n) is 9.83. The van der Waals surface area contributed by atoms with Crippen LogP contribution in [0.5, 0.6) is 0 Å². The van der Waals surface area contributed by atoms with Crippen LogP contribution in [0.25, 0.3) is 11.3 Å². The van der Waals surface area contributed by atoms with E-state index < -0.39 is 5.97 Å². The van der Waals surface area contributed by atoms with Crippen LogP contribution in [0.3, 0.4) is 0 Å². The Hall–Kier alpha value is -1.000. The van der Waals surface area contributed by atoms with Crippen molar-refractivity contribution in [3.63, 3.8) is 0 Å². The summed E-state index contributed by atoms with van der Waals surface area (Å²) in [6, 6.07) is 6.13. The lowest BCUT2D eigenvalue weighted by Crippen LogP contribution is -2.01. The lowest BCUT2D eigenvalue weighted by atomic mass is 10.1. The van der Waals surface area contributed by atoms with Crippen LogP contribution in [0.1, 0.15) is 5.56 Å². The molecular weight excluding hydrogens is 344 g/mol. The second-order valence-electron chi connectivity index (χ2n) is 4.00. The van der Waals surface area contributed by atoms with Crippen LogP contribution < -0.4 is 0 Å². The van der Waals surface area contributed by atoms with Gasteiger partial charge in [0.25, 0.3) is 0 Å². The van der Waals surface area contributed by atoms with Gasteiger partial charge in [0.05, 0.1) is 22.2 Å². The van der Waals surface area contributed by atoms with E-state index in [0.29, 0.717) is 31.9 Å². The minimum atomic E-state index is -0.966. The van der Waals surface area contributed by atoms with Crippen LogP contribution >= 0.6 is 46.4 Å². The van der Waals surface area contributed by atoms with E-state index in [1.54, 1.807) is 6.07 Å². The first-order valence-electron chi connectivity index (χ1n) is 5.40. The molecule has 20 heavy (non-hydrogen) atoms. The van der Waals surface area contributed by atoms with E-state index in [-0.39, 0.29) is 11.6 Å². The molecule has 7 heteroatoms. The first-order chi connectivity index (χ1) is 9.36. The van der Waals surface area contributed by atoms with E-state index in [2.05, 4.69) is 4.98 Å².